The first-order valence-electron chi connectivity index (χ1n) is 11.6. The van der Waals surface area contributed by atoms with Crippen molar-refractivity contribution in [1.29, 1.82) is 0 Å². The fourth-order valence-corrected chi connectivity index (χ4v) is 6.16. The van der Waals surface area contributed by atoms with Crippen LogP contribution in [0.2, 0.25) is 0 Å². The number of aliphatic imine (C=N–C) groups is 1. The number of benzene rings is 2. The minimum atomic E-state index is 0.325. The van der Waals surface area contributed by atoms with Gasteiger partial charge in [0.15, 0.2) is 0 Å². The molecule has 3 aliphatic rings. The van der Waals surface area contributed by atoms with Crippen LogP contribution in [-0.4, -0.2) is 5.71 Å². The SMILES string of the molecule is C=C(C)N=C(/C=C(\C)C1C=CC=C2Sc3ccccc3C21)c1cccc(C2=CC=CCC2)c1. The Hall–Kier alpha value is -3.10. The maximum Gasteiger partial charge on any atom is 0.0704 e. The number of hydrogen-bond donors (Lipinski definition) is 0. The highest BCUT2D eigenvalue weighted by Gasteiger charge is 2.35. The average Bonchev–Trinajstić information content (AvgIpc) is 3.23. The van der Waals surface area contributed by atoms with Gasteiger partial charge in [0.05, 0.1) is 5.71 Å². The molecule has 0 spiro atoms. The van der Waals surface area contributed by atoms with E-state index in [4.69, 9.17) is 4.99 Å². The Morgan fingerprint density at radius 3 is 2.76 bits per heavy atom. The Morgan fingerprint density at radius 2 is 1.94 bits per heavy atom. The van der Waals surface area contributed by atoms with Gasteiger partial charge in [-0.05, 0) is 66.5 Å². The number of nitrogens with zero attached hydrogens (tertiary/aromatic N) is 1. The van der Waals surface area contributed by atoms with Crippen LogP contribution in [-0.2, 0) is 0 Å². The molecule has 0 fully saturated rings. The van der Waals surface area contributed by atoms with E-state index in [0.29, 0.717) is 11.8 Å². The Kier molecular flexibility index (Phi) is 6.20. The summed E-state index contributed by atoms with van der Waals surface area (Å²) in [5.74, 6) is 0.717. The molecule has 2 aromatic carbocycles. The lowest BCUT2D eigenvalue weighted by Crippen LogP contribution is -2.14. The van der Waals surface area contributed by atoms with Gasteiger partial charge in [0.2, 0.25) is 0 Å². The van der Waals surface area contributed by atoms with E-state index in [1.807, 2.05) is 18.7 Å². The van der Waals surface area contributed by atoms with E-state index in [1.165, 1.54) is 32.1 Å². The topological polar surface area (TPSA) is 12.4 Å². The molecule has 0 saturated heterocycles. The number of allylic oxidation sites excluding steroid dienone is 11. The quantitative estimate of drug-likeness (QED) is 0.418. The zero-order chi connectivity index (χ0) is 22.8. The van der Waals surface area contributed by atoms with E-state index in [-0.39, 0.29) is 0 Å². The molecule has 0 N–H and O–H groups in total. The summed E-state index contributed by atoms with van der Waals surface area (Å²) in [5.41, 5.74) is 8.37. The normalized spacial score (nSPS) is 21.9. The minimum Gasteiger partial charge on any atom is -0.254 e. The second kappa shape index (κ2) is 9.41. The van der Waals surface area contributed by atoms with Crippen molar-refractivity contribution in [3.63, 3.8) is 0 Å². The molecule has 2 aliphatic carbocycles. The molecule has 5 rings (SSSR count). The molecule has 2 heteroatoms. The fourth-order valence-electron chi connectivity index (χ4n) is 4.90. The van der Waals surface area contributed by atoms with Gasteiger partial charge in [0, 0.05) is 28.0 Å². The lowest BCUT2D eigenvalue weighted by molar-refractivity contribution is 0.654. The summed E-state index contributed by atoms with van der Waals surface area (Å²) in [5, 5.41) is 0. The standard InChI is InChI=1S/C31H29NS/c1-21(2)32-28(25-14-9-13-24(20-25)23-11-5-4-6-12-23)19-22(3)26-16-10-18-30-31(26)27-15-7-8-17-29(27)33-30/h4-5,7-11,13-20,26,31H,1,6,12H2,2-3H3/b22-19+,32-28?. The molecule has 0 aromatic heterocycles. The molecule has 0 amide bonds. The van der Waals surface area contributed by atoms with Crippen LogP contribution in [0.3, 0.4) is 0 Å². The van der Waals surface area contributed by atoms with Gasteiger partial charge in [-0.1, -0.05) is 96.8 Å². The van der Waals surface area contributed by atoms with Crippen LogP contribution in [0.1, 0.15) is 49.3 Å². The monoisotopic (exact) mass is 447 g/mol. The maximum atomic E-state index is 4.87. The van der Waals surface area contributed by atoms with Crippen LogP contribution in [0.5, 0.6) is 0 Å². The molecular weight excluding hydrogens is 418 g/mol. The Labute approximate surface area is 201 Å². The van der Waals surface area contributed by atoms with Crippen LogP contribution in [0.4, 0.5) is 0 Å². The van der Waals surface area contributed by atoms with E-state index >= 15 is 0 Å². The van der Waals surface area contributed by atoms with Gasteiger partial charge < -0.3 is 0 Å². The number of rotatable bonds is 5. The predicted octanol–water partition coefficient (Wildman–Crippen LogP) is 8.65. The molecule has 33 heavy (non-hydrogen) atoms. The molecule has 0 radical (unpaired) electrons. The first-order valence-corrected chi connectivity index (χ1v) is 12.5. The van der Waals surface area contributed by atoms with Gasteiger partial charge in [0.1, 0.15) is 0 Å². The molecule has 1 heterocycles. The summed E-state index contributed by atoms with van der Waals surface area (Å²) >= 11 is 1.91. The van der Waals surface area contributed by atoms with E-state index in [2.05, 4.69) is 105 Å². The largest absolute Gasteiger partial charge is 0.254 e. The van der Waals surface area contributed by atoms with Crippen LogP contribution in [0, 0.1) is 5.92 Å². The van der Waals surface area contributed by atoms with Crippen molar-refractivity contribution >= 4 is 23.0 Å². The lowest BCUT2D eigenvalue weighted by Gasteiger charge is -2.26. The second-order valence-corrected chi connectivity index (χ2v) is 10.1. The summed E-state index contributed by atoms with van der Waals surface area (Å²) in [4.78, 5) is 7.69. The summed E-state index contributed by atoms with van der Waals surface area (Å²) in [7, 11) is 0. The summed E-state index contributed by atoms with van der Waals surface area (Å²) in [6.07, 6.45) is 17.9. The minimum absolute atomic E-state index is 0.325. The highest BCUT2D eigenvalue weighted by atomic mass is 32.2. The summed E-state index contributed by atoms with van der Waals surface area (Å²) < 4.78 is 0. The van der Waals surface area contributed by atoms with Gasteiger partial charge in [-0.25, -0.2) is 0 Å². The number of hydrogen-bond acceptors (Lipinski definition) is 2. The molecule has 1 aliphatic heterocycles. The highest BCUT2D eigenvalue weighted by molar-refractivity contribution is 8.03. The maximum absolute atomic E-state index is 4.87. The van der Waals surface area contributed by atoms with Crippen LogP contribution in [0.15, 0.2) is 124 Å². The Morgan fingerprint density at radius 1 is 1.06 bits per heavy atom. The van der Waals surface area contributed by atoms with Crippen molar-refractivity contribution in [2.45, 2.75) is 37.5 Å². The zero-order valence-electron chi connectivity index (χ0n) is 19.3. The van der Waals surface area contributed by atoms with Gasteiger partial charge in [0.25, 0.3) is 0 Å². The molecule has 2 aromatic rings. The predicted molar refractivity (Wildman–Crippen MR) is 144 cm³/mol. The third-order valence-corrected chi connectivity index (χ3v) is 7.69. The van der Waals surface area contributed by atoms with Crippen molar-refractivity contribution in [3.05, 3.63) is 131 Å². The van der Waals surface area contributed by atoms with Crippen molar-refractivity contribution in [1.82, 2.24) is 0 Å². The lowest BCUT2D eigenvalue weighted by atomic mass is 9.78. The summed E-state index contributed by atoms with van der Waals surface area (Å²) in [6.45, 7) is 8.28. The van der Waals surface area contributed by atoms with Crippen molar-refractivity contribution < 1.29 is 0 Å². The second-order valence-electron chi connectivity index (χ2n) is 8.96. The highest BCUT2D eigenvalue weighted by Crippen LogP contribution is 2.54. The third-order valence-electron chi connectivity index (χ3n) is 6.47. The average molecular weight is 448 g/mol. The Bertz CT molecular complexity index is 1280. The van der Waals surface area contributed by atoms with E-state index < -0.39 is 0 Å². The van der Waals surface area contributed by atoms with Crippen LogP contribution >= 0.6 is 11.8 Å². The molecule has 164 valence electrons. The number of fused-ring (bicyclic) bond motifs is 3. The van der Waals surface area contributed by atoms with Gasteiger partial charge in [-0.2, -0.15) is 0 Å². The van der Waals surface area contributed by atoms with Crippen molar-refractivity contribution in [2.24, 2.45) is 10.9 Å². The smallest absolute Gasteiger partial charge is 0.0704 e. The first-order chi connectivity index (χ1) is 16.1. The van der Waals surface area contributed by atoms with Crippen molar-refractivity contribution in [3.8, 4) is 0 Å². The van der Waals surface area contributed by atoms with Crippen LogP contribution in [0.25, 0.3) is 5.57 Å². The molecule has 2 atom stereocenters. The van der Waals surface area contributed by atoms with E-state index in [9.17, 15) is 0 Å². The Balaban J connectivity index is 1.51. The zero-order valence-corrected chi connectivity index (χ0v) is 20.1. The molecule has 0 bridgehead atoms. The third kappa shape index (κ3) is 4.54. The molecule has 1 nitrogen and oxygen atoms in total. The van der Waals surface area contributed by atoms with E-state index in [1.54, 1.807) is 0 Å². The molecule has 0 saturated carbocycles. The van der Waals surface area contributed by atoms with Crippen molar-refractivity contribution in [2.75, 3.05) is 0 Å². The first kappa shape index (κ1) is 21.7. The molecular formula is C31H29NS. The summed E-state index contributed by atoms with van der Waals surface area (Å²) in [6, 6.07) is 17.6. The number of thioether (sulfide) groups is 1. The van der Waals surface area contributed by atoms with Crippen LogP contribution < -0.4 is 0 Å². The van der Waals surface area contributed by atoms with Gasteiger partial charge in [-0.3, -0.25) is 4.99 Å². The fraction of sp³-hybridized carbons (Fsp3) is 0.194. The van der Waals surface area contributed by atoms with E-state index in [0.717, 1.165) is 29.8 Å². The van der Waals surface area contributed by atoms with Gasteiger partial charge in [-0.15, -0.1) is 0 Å². The van der Waals surface area contributed by atoms with Gasteiger partial charge >= 0.3 is 0 Å². The molecule has 2 unspecified atom stereocenters.